The molecular formula is C6H6Cl3F3. The fraction of sp³-hybridized carbons (Fsp3) is 1.00. The minimum atomic E-state index is -4.43. The van der Waals surface area contributed by atoms with Gasteiger partial charge in [0.05, 0.1) is 5.38 Å². The first-order valence-electron chi connectivity index (χ1n) is 3.30. The van der Waals surface area contributed by atoms with Gasteiger partial charge >= 0.3 is 6.18 Å². The predicted octanol–water partition coefficient (Wildman–Crippen LogP) is 3.74. The molecule has 72 valence electrons. The van der Waals surface area contributed by atoms with Crippen molar-refractivity contribution in [2.75, 3.05) is 0 Å². The minimum absolute atomic E-state index is 0.197. The topological polar surface area (TPSA) is 0 Å². The van der Waals surface area contributed by atoms with E-state index in [0.717, 1.165) is 0 Å². The van der Waals surface area contributed by atoms with Crippen LogP contribution in [-0.2, 0) is 0 Å². The summed E-state index contributed by atoms with van der Waals surface area (Å²) in [6.45, 7) is 1.37. The van der Waals surface area contributed by atoms with Crippen LogP contribution in [0.3, 0.4) is 0 Å². The van der Waals surface area contributed by atoms with Crippen LogP contribution in [0.2, 0.25) is 0 Å². The Morgan fingerprint density at radius 3 is 1.67 bits per heavy atom. The quantitative estimate of drug-likeness (QED) is 0.614. The average Bonchev–Trinajstić information content (AvgIpc) is 2.28. The lowest BCUT2D eigenvalue weighted by Gasteiger charge is -2.18. The maximum atomic E-state index is 12.4. The van der Waals surface area contributed by atoms with Crippen molar-refractivity contribution in [3.63, 3.8) is 0 Å². The zero-order valence-electron chi connectivity index (χ0n) is 6.05. The molecule has 0 radical (unpaired) electrons. The lowest BCUT2D eigenvalue weighted by molar-refractivity contribution is -0.188. The molecule has 1 aliphatic rings. The average molecular weight is 241 g/mol. The van der Waals surface area contributed by atoms with Crippen LogP contribution in [0.4, 0.5) is 13.2 Å². The predicted molar refractivity (Wildman–Crippen MR) is 42.9 cm³/mol. The second kappa shape index (κ2) is 2.58. The molecule has 2 atom stereocenters. The second-order valence-electron chi connectivity index (χ2n) is 2.81. The van der Waals surface area contributed by atoms with Gasteiger partial charge in [-0.1, -0.05) is 30.1 Å². The normalized spacial score (nSPS) is 39.8. The minimum Gasteiger partial charge on any atom is -0.170 e. The Balaban J connectivity index is 2.99. The second-order valence-corrected chi connectivity index (χ2v) is 4.63. The van der Waals surface area contributed by atoms with Crippen molar-refractivity contribution in [3.05, 3.63) is 0 Å². The van der Waals surface area contributed by atoms with Crippen molar-refractivity contribution in [1.82, 2.24) is 0 Å². The molecule has 0 aromatic heterocycles. The highest BCUT2D eigenvalue weighted by atomic mass is 35.5. The van der Waals surface area contributed by atoms with Gasteiger partial charge in [0, 0.05) is 0 Å². The van der Waals surface area contributed by atoms with Gasteiger partial charge in [0.1, 0.15) is 5.41 Å². The van der Waals surface area contributed by atoms with Gasteiger partial charge < -0.3 is 0 Å². The molecule has 12 heavy (non-hydrogen) atoms. The van der Waals surface area contributed by atoms with E-state index in [1.165, 1.54) is 6.92 Å². The smallest absolute Gasteiger partial charge is 0.170 e. The lowest BCUT2D eigenvalue weighted by Crippen LogP contribution is -2.29. The van der Waals surface area contributed by atoms with E-state index in [1.54, 1.807) is 0 Å². The molecule has 6 heteroatoms. The van der Waals surface area contributed by atoms with Gasteiger partial charge in [-0.3, -0.25) is 0 Å². The van der Waals surface area contributed by atoms with Crippen molar-refractivity contribution >= 4 is 34.8 Å². The summed E-state index contributed by atoms with van der Waals surface area (Å²) in [5, 5.41) is -1.24. The van der Waals surface area contributed by atoms with Gasteiger partial charge in [0.2, 0.25) is 0 Å². The molecule has 0 nitrogen and oxygen atoms in total. The number of rotatable bonds is 1. The largest absolute Gasteiger partial charge is 0.398 e. The van der Waals surface area contributed by atoms with Gasteiger partial charge in [-0.05, 0) is 6.42 Å². The Morgan fingerprint density at radius 1 is 1.33 bits per heavy atom. The molecule has 0 amide bonds. The standard InChI is InChI=1S/C6H6Cl3F3/c1-2-4(6(10,11)12)3(7)5(4,8)9/h3H,2H2,1H3. The Kier molecular flexibility index (Phi) is 2.31. The summed E-state index contributed by atoms with van der Waals surface area (Å²) in [5.74, 6) is 0. The third-order valence-electron chi connectivity index (χ3n) is 2.33. The SMILES string of the molecule is CCC1(C(F)(F)F)C(Cl)C1(Cl)Cl. The van der Waals surface area contributed by atoms with Crippen molar-refractivity contribution in [3.8, 4) is 0 Å². The summed E-state index contributed by atoms with van der Waals surface area (Å²) in [6.07, 6.45) is -4.63. The van der Waals surface area contributed by atoms with Crippen LogP contribution in [0.5, 0.6) is 0 Å². The lowest BCUT2D eigenvalue weighted by atomic mass is 10.0. The van der Waals surface area contributed by atoms with Gasteiger partial charge in [0.15, 0.2) is 4.33 Å². The maximum absolute atomic E-state index is 12.4. The van der Waals surface area contributed by atoms with Gasteiger partial charge in [-0.25, -0.2) is 0 Å². The summed E-state index contributed by atoms with van der Waals surface area (Å²) in [7, 11) is 0. The van der Waals surface area contributed by atoms with E-state index >= 15 is 0 Å². The number of alkyl halides is 6. The molecular weight excluding hydrogens is 235 g/mol. The van der Waals surface area contributed by atoms with E-state index in [2.05, 4.69) is 0 Å². The summed E-state index contributed by atoms with van der Waals surface area (Å²) in [5.41, 5.74) is -2.12. The summed E-state index contributed by atoms with van der Waals surface area (Å²) in [4.78, 5) is 0. The fourth-order valence-corrected chi connectivity index (χ4v) is 3.02. The Hall–Kier alpha value is 0.660. The van der Waals surface area contributed by atoms with Crippen molar-refractivity contribution in [2.45, 2.75) is 29.2 Å². The molecule has 0 spiro atoms. The van der Waals surface area contributed by atoms with Crippen molar-refractivity contribution in [1.29, 1.82) is 0 Å². The van der Waals surface area contributed by atoms with E-state index in [1.807, 2.05) is 0 Å². The van der Waals surface area contributed by atoms with Crippen molar-refractivity contribution < 1.29 is 13.2 Å². The molecule has 0 aliphatic heterocycles. The first-order chi connectivity index (χ1) is 5.22. The molecule has 0 heterocycles. The molecule has 2 unspecified atom stereocenters. The Morgan fingerprint density at radius 2 is 1.67 bits per heavy atom. The number of hydrogen-bond donors (Lipinski definition) is 0. The highest BCUT2D eigenvalue weighted by Crippen LogP contribution is 2.74. The van der Waals surface area contributed by atoms with Gasteiger partial charge in [-0.15, -0.1) is 11.6 Å². The number of halogens is 6. The summed E-state index contributed by atoms with van der Waals surface area (Å²) >= 11 is 16.2. The van der Waals surface area contributed by atoms with Crippen LogP contribution in [0.25, 0.3) is 0 Å². The van der Waals surface area contributed by atoms with Crippen LogP contribution in [0.1, 0.15) is 13.3 Å². The van der Waals surface area contributed by atoms with Crippen LogP contribution in [0.15, 0.2) is 0 Å². The molecule has 1 aliphatic carbocycles. The molecule has 1 rings (SSSR count). The molecule has 1 saturated carbocycles. The molecule has 1 fully saturated rings. The molecule has 0 saturated heterocycles. The molecule has 0 aromatic carbocycles. The first kappa shape index (κ1) is 10.7. The Labute approximate surface area is 83.0 Å². The zero-order valence-corrected chi connectivity index (χ0v) is 8.32. The molecule has 0 N–H and O–H groups in total. The van der Waals surface area contributed by atoms with E-state index in [4.69, 9.17) is 34.8 Å². The highest BCUT2D eigenvalue weighted by Gasteiger charge is 2.85. The van der Waals surface area contributed by atoms with E-state index in [9.17, 15) is 13.2 Å². The van der Waals surface area contributed by atoms with Crippen LogP contribution < -0.4 is 0 Å². The monoisotopic (exact) mass is 240 g/mol. The van der Waals surface area contributed by atoms with Crippen molar-refractivity contribution in [2.24, 2.45) is 5.41 Å². The first-order valence-corrected chi connectivity index (χ1v) is 4.49. The van der Waals surface area contributed by atoms with Crippen LogP contribution in [-0.4, -0.2) is 15.9 Å². The maximum Gasteiger partial charge on any atom is 0.398 e. The zero-order chi connectivity index (χ0) is 9.78. The van der Waals surface area contributed by atoms with Crippen LogP contribution in [0, 0.1) is 5.41 Å². The fourth-order valence-electron chi connectivity index (χ4n) is 1.36. The van der Waals surface area contributed by atoms with E-state index in [-0.39, 0.29) is 6.42 Å². The molecule has 0 bridgehead atoms. The molecule has 0 aromatic rings. The summed E-state index contributed by atoms with van der Waals surface area (Å²) < 4.78 is 35.3. The third-order valence-corrected chi connectivity index (χ3v) is 4.36. The highest BCUT2D eigenvalue weighted by molar-refractivity contribution is 6.57. The van der Waals surface area contributed by atoms with Gasteiger partial charge in [0.25, 0.3) is 0 Å². The third kappa shape index (κ3) is 0.992. The van der Waals surface area contributed by atoms with Gasteiger partial charge in [-0.2, -0.15) is 13.2 Å². The van der Waals surface area contributed by atoms with Crippen LogP contribution >= 0.6 is 34.8 Å². The van der Waals surface area contributed by atoms with E-state index in [0.29, 0.717) is 0 Å². The Bertz CT molecular complexity index is 189. The van der Waals surface area contributed by atoms with E-state index < -0.39 is 21.3 Å². The summed E-state index contributed by atoms with van der Waals surface area (Å²) in [6, 6.07) is 0. The number of hydrogen-bond acceptors (Lipinski definition) is 0.